The predicted octanol–water partition coefficient (Wildman–Crippen LogP) is 3.74. The fourth-order valence-electron chi connectivity index (χ4n) is 3.09. The third-order valence-corrected chi connectivity index (χ3v) is 4.41. The van der Waals surface area contributed by atoms with Crippen molar-refractivity contribution in [2.45, 2.75) is 19.3 Å². The van der Waals surface area contributed by atoms with Crippen molar-refractivity contribution in [3.8, 4) is 5.75 Å². The smallest absolute Gasteiger partial charge is 0.243 e. The largest absolute Gasteiger partial charge is 0.497 e. The summed E-state index contributed by atoms with van der Waals surface area (Å²) in [7, 11) is 1.62. The van der Waals surface area contributed by atoms with Gasteiger partial charge in [0.2, 0.25) is 5.91 Å². The molecule has 0 aliphatic carbocycles. The van der Waals surface area contributed by atoms with Crippen molar-refractivity contribution in [1.29, 1.82) is 0 Å². The van der Waals surface area contributed by atoms with E-state index in [1.165, 1.54) is 24.9 Å². The number of benzene rings is 2. The molecule has 0 saturated carbocycles. The molecule has 1 aliphatic heterocycles. The Bertz CT molecular complexity index is 694. The van der Waals surface area contributed by atoms with Crippen LogP contribution in [-0.4, -0.2) is 32.7 Å². The van der Waals surface area contributed by atoms with Crippen LogP contribution in [0.1, 0.15) is 19.3 Å². The van der Waals surface area contributed by atoms with Gasteiger partial charge in [0.15, 0.2) is 0 Å². The molecule has 2 aromatic carbocycles. The van der Waals surface area contributed by atoms with Crippen molar-refractivity contribution in [2.75, 3.05) is 42.3 Å². The Kier molecular flexibility index (Phi) is 5.77. The van der Waals surface area contributed by atoms with Crippen LogP contribution in [0.25, 0.3) is 0 Å². The van der Waals surface area contributed by atoms with Gasteiger partial charge in [0.05, 0.1) is 25.0 Å². The van der Waals surface area contributed by atoms with Crippen LogP contribution in [0.3, 0.4) is 0 Å². The zero-order chi connectivity index (χ0) is 17.5. The molecule has 0 radical (unpaired) electrons. The Morgan fingerprint density at radius 2 is 1.76 bits per heavy atom. The van der Waals surface area contributed by atoms with E-state index in [2.05, 4.69) is 21.6 Å². The molecule has 0 unspecified atom stereocenters. The number of hydrogen-bond acceptors (Lipinski definition) is 4. The summed E-state index contributed by atoms with van der Waals surface area (Å²) in [5.74, 6) is 0.699. The lowest BCUT2D eigenvalue weighted by Crippen LogP contribution is -2.30. The number of nitrogens with one attached hydrogen (secondary N) is 2. The van der Waals surface area contributed by atoms with E-state index in [0.29, 0.717) is 0 Å². The van der Waals surface area contributed by atoms with Crippen molar-refractivity contribution in [2.24, 2.45) is 0 Å². The highest BCUT2D eigenvalue weighted by Crippen LogP contribution is 2.28. The van der Waals surface area contributed by atoms with E-state index in [0.717, 1.165) is 30.2 Å². The van der Waals surface area contributed by atoms with Crippen LogP contribution in [0.5, 0.6) is 5.75 Å². The second-order valence-corrected chi connectivity index (χ2v) is 6.20. The number of para-hydroxylation sites is 2. The first-order valence-electron chi connectivity index (χ1n) is 8.78. The summed E-state index contributed by atoms with van der Waals surface area (Å²) in [5.41, 5.74) is 2.95. The molecule has 3 rings (SSSR count). The predicted molar refractivity (Wildman–Crippen MR) is 103 cm³/mol. The van der Waals surface area contributed by atoms with Gasteiger partial charge in [-0.05, 0) is 55.7 Å². The number of carbonyl (C=O) groups excluding carboxylic acids is 1. The minimum atomic E-state index is -0.0707. The maximum atomic E-state index is 12.2. The number of hydrogen-bond donors (Lipinski definition) is 2. The molecular formula is C20H25N3O2. The van der Waals surface area contributed by atoms with Crippen LogP contribution in [0.2, 0.25) is 0 Å². The van der Waals surface area contributed by atoms with E-state index >= 15 is 0 Å². The van der Waals surface area contributed by atoms with E-state index in [4.69, 9.17) is 4.74 Å². The fraction of sp³-hybridized carbons (Fsp3) is 0.350. The van der Waals surface area contributed by atoms with Gasteiger partial charge in [-0.15, -0.1) is 0 Å². The van der Waals surface area contributed by atoms with Crippen molar-refractivity contribution in [3.05, 3.63) is 48.5 Å². The molecule has 25 heavy (non-hydrogen) atoms. The van der Waals surface area contributed by atoms with Gasteiger partial charge in [0.1, 0.15) is 5.75 Å². The van der Waals surface area contributed by atoms with Crippen LogP contribution >= 0.6 is 0 Å². The third-order valence-electron chi connectivity index (χ3n) is 4.41. The molecule has 1 fully saturated rings. The number of methoxy groups -OCH3 is 1. The van der Waals surface area contributed by atoms with Gasteiger partial charge in [0.25, 0.3) is 0 Å². The average Bonchev–Trinajstić information content (AvgIpc) is 2.68. The molecule has 1 amide bonds. The Morgan fingerprint density at radius 3 is 2.48 bits per heavy atom. The summed E-state index contributed by atoms with van der Waals surface area (Å²) in [6.45, 7) is 2.39. The molecular weight excluding hydrogens is 314 g/mol. The molecule has 2 N–H and O–H groups in total. The van der Waals surface area contributed by atoms with E-state index in [-0.39, 0.29) is 12.5 Å². The van der Waals surface area contributed by atoms with Crippen molar-refractivity contribution in [3.63, 3.8) is 0 Å². The quantitative estimate of drug-likeness (QED) is 0.842. The van der Waals surface area contributed by atoms with Crippen molar-refractivity contribution < 1.29 is 9.53 Å². The highest BCUT2D eigenvalue weighted by Gasteiger charge is 2.14. The first-order valence-corrected chi connectivity index (χ1v) is 8.78. The van der Waals surface area contributed by atoms with Gasteiger partial charge < -0.3 is 20.3 Å². The van der Waals surface area contributed by atoms with E-state index in [9.17, 15) is 4.79 Å². The summed E-state index contributed by atoms with van der Waals surface area (Å²) in [4.78, 5) is 14.6. The van der Waals surface area contributed by atoms with Crippen LogP contribution in [0.15, 0.2) is 48.5 Å². The lowest BCUT2D eigenvalue weighted by atomic mass is 10.1. The van der Waals surface area contributed by atoms with E-state index in [1.807, 2.05) is 42.5 Å². The molecule has 2 aromatic rings. The molecule has 1 aliphatic rings. The molecule has 1 heterocycles. The number of carbonyl (C=O) groups is 1. The zero-order valence-corrected chi connectivity index (χ0v) is 14.6. The monoisotopic (exact) mass is 339 g/mol. The topological polar surface area (TPSA) is 53.6 Å². The Hall–Kier alpha value is -2.69. The highest BCUT2D eigenvalue weighted by atomic mass is 16.5. The number of nitrogens with zero attached hydrogens (tertiary/aromatic N) is 1. The highest BCUT2D eigenvalue weighted by molar-refractivity contribution is 5.94. The SMILES string of the molecule is COc1ccc(NC(=O)CNc2ccccc2N2CCCCC2)cc1. The molecule has 5 heteroatoms. The Labute approximate surface area is 149 Å². The average molecular weight is 339 g/mol. The Balaban J connectivity index is 1.58. The third kappa shape index (κ3) is 4.66. The van der Waals surface area contributed by atoms with Crippen LogP contribution in [0, 0.1) is 0 Å². The first kappa shape index (κ1) is 17.1. The van der Waals surface area contributed by atoms with Gasteiger partial charge in [-0.3, -0.25) is 4.79 Å². The first-order chi connectivity index (χ1) is 12.3. The molecule has 5 nitrogen and oxygen atoms in total. The Morgan fingerprint density at radius 1 is 1.04 bits per heavy atom. The summed E-state index contributed by atoms with van der Waals surface area (Å²) in [6, 6.07) is 15.5. The lowest BCUT2D eigenvalue weighted by Gasteiger charge is -2.30. The molecule has 0 atom stereocenters. The minimum Gasteiger partial charge on any atom is -0.497 e. The van der Waals surface area contributed by atoms with Gasteiger partial charge >= 0.3 is 0 Å². The summed E-state index contributed by atoms with van der Waals surface area (Å²) in [5, 5.41) is 6.17. The number of piperidine rings is 1. The summed E-state index contributed by atoms with van der Waals surface area (Å²) < 4.78 is 5.12. The van der Waals surface area contributed by atoms with Crippen molar-refractivity contribution >= 4 is 23.0 Å². The van der Waals surface area contributed by atoms with E-state index < -0.39 is 0 Å². The van der Waals surface area contributed by atoms with Gasteiger partial charge in [0, 0.05) is 18.8 Å². The summed E-state index contributed by atoms with van der Waals surface area (Å²) >= 11 is 0. The van der Waals surface area contributed by atoms with Gasteiger partial charge in [-0.25, -0.2) is 0 Å². The maximum Gasteiger partial charge on any atom is 0.243 e. The normalized spacial score (nSPS) is 14.0. The van der Waals surface area contributed by atoms with Crippen LogP contribution in [-0.2, 0) is 4.79 Å². The van der Waals surface area contributed by atoms with Gasteiger partial charge in [-0.1, -0.05) is 12.1 Å². The van der Waals surface area contributed by atoms with E-state index in [1.54, 1.807) is 7.11 Å². The fourth-order valence-corrected chi connectivity index (χ4v) is 3.09. The molecule has 0 aromatic heterocycles. The lowest BCUT2D eigenvalue weighted by molar-refractivity contribution is -0.114. The standard InChI is InChI=1S/C20H25N3O2/c1-25-17-11-9-16(10-12-17)22-20(24)15-21-18-7-3-4-8-19(18)23-13-5-2-6-14-23/h3-4,7-12,21H,2,5-6,13-15H2,1H3,(H,22,24). The molecule has 0 spiro atoms. The second kappa shape index (κ2) is 8.42. The number of ether oxygens (including phenoxy) is 1. The maximum absolute atomic E-state index is 12.2. The molecule has 132 valence electrons. The number of anilines is 3. The van der Waals surface area contributed by atoms with Crippen LogP contribution < -0.4 is 20.3 Å². The second-order valence-electron chi connectivity index (χ2n) is 6.20. The minimum absolute atomic E-state index is 0.0707. The zero-order valence-electron chi connectivity index (χ0n) is 14.6. The number of rotatable bonds is 6. The van der Waals surface area contributed by atoms with Gasteiger partial charge in [-0.2, -0.15) is 0 Å². The number of amides is 1. The molecule has 0 bridgehead atoms. The summed E-state index contributed by atoms with van der Waals surface area (Å²) in [6.07, 6.45) is 3.76. The molecule has 1 saturated heterocycles. The van der Waals surface area contributed by atoms with Crippen molar-refractivity contribution in [1.82, 2.24) is 0 Å². The van der Waals surface area contributed by atoms with Crippen LogP contribution in [0.4, 0.5) is 17.1 Å².